The average molecular weight is 330 g/mol. The standard InChI is InChI=1S/C12H14F3N2.BF4/c1-7-5-9-10(6-8(7)2)17(4)11(16(9)3)12(13,14)15;2-1(3,4)5/h5-6H,1-4H3;/q+1;-1. The zero-order chi connectivity index (χ0) is 17.5. The number of halogens is 7. The number of aryl methyl sites for hydroxylation is 4. The molecule has 0 unspecified atom stereocenters. The van der Waals surface area contributed by atoms with E-state index in [4.69, 9.17) is 0 Å². The van der Waals surface area contributed by atoms with Gasteiger partial charge in [0.05, 0.1) is 14.1 Å². The van der Waals surface area contributed by atoms with Crippen molar-refractivity contribution in [3.05, 3.63) is 29.1 Å². The summed E-state index contributed by atoms with van der Waals surface area (Å²) in [6.07, 6.45) is -4.34. The Morgan fingerprint density at radius 3 is 1.82 bits per heavy atom. The molecule has 10 heteroatoms. The summed E-state index contributed by atoms with van der Waals surface area (Å²) in [6, 6.07) is 3.58. The first kappa shape index (κ1) is 18.3. The smallest absolute Gasteiger partial charge is 0.418 e. The summed E-state index contributed by atoms with van der Waals surface area (Å²) in [4.78, 5) is 0. The average Bonchev–Trinajstić information content (AvgIpc) is 2.50. The molecular weight excluding hydrogens is 316 g/mol. The summed E-state index contributed by atoms with van der Waals surface area (Å²) in [5, 5.41) is 0. The first-order chi connectivity index (χ1) is 9.73. The molecule has 2 nitrogen and oxygen atoms in total. The van der Waals surface area contributed by atoms with Crippen molar-refractivity contribution in [3.63, 3.8) is 0 Å². The molecule has 1 aromatic carbocycles. The minimum Gasteiger partial charge on any atom is -0.418 e. The van der Waals surface area contributed by atoms with Crippen molar-refractivity contribution in [1.82, 2.24) is 4.57 Å². The molecule has 0 fully saturated rings. The van der Waals surface area contributed by atoms with Crippen LogP contribution >= 0.6 is 0 Å². The van der Waals surface area contributed by atoms with Crippen LogP contribution in [0.1, 0.15) is 17.0 Å². The van der Waals surface area contributed by atoms with Gasteiger partial charge >= 0.3 is 19.3 Å². The molecule has 0 aliphatic rings. The van der Waals surface area contributed by atoms with Gasteiger partial charge in [0, 0.05) is 0 Å². The van der Waals surface area contributed by atoms with Crippen LogP contribution in [0.2, 0.25) is 0 Å². The van der Waals surface area contributed by atoms with E-state index in [1.165, 1.54) is 23.2 Å². The fourth-order valence-electron chi connectivity index (χ4n) is 2.16. The van der Waals surface area contributed by atoms with E-state index in [1.807, 2.05) is 13.8 Å². The second-order valence-electron chi connectivity index (χ2n) is 4.86. The van der Waals surface area contributed by atoms with E-state index >= 15 is 0 Å². The van der Waals surface area contributed by atoms with Crippen molar-refractivity contribution < 1.29 is 35.0 Å². The lowest BCUT2D eigenvalue weighted by molar-refractivity contribution is -0.667. The van der Waals surface area contributed by atoms with Crippen molar-refractivity contribution in [2.24, 2.45) is 14.1 Å². The number of benzene rings is 1. The highest BCUT2D eigenvalue weighted by Crippen LogP contribution is 2.30. The molecule has 22 heavy (non-hydrogen) atoms. The molecule has 2 rings (SSSR count). The number of imidazole rings is 1. The van der Waals surface area contributed by atoms with Gasteiger partial charge in [-0.05, 0) is 37.1 Å². The Balaban J connectivity index is 0.000000422. The maximum Gasteiger partial charge on any atom is 0.673 e. The molecule has 0 spiro atoms. The lowest BCUT2D eigenvalue weighted by Gasteiger charge is -2.01. The SMILES string of the molecule is Cc1cc2c(cc1C)[n+](C)c(C(F)(F)F)n2C.F[B-](F)(F)F. The third-order valence-electron chi connectivity index (χ3n) is 3.20. The highest BCUT2D eigenvalue weighted by atomic mass is 19.5. The fourth-order valence-corrected chi connectivity index (χ4v) is 2.16. The number of aromatic nitrogens is 2. The van der Waals surface area contributed by atoms with Gasteiger partial charge in [-0.15, -0.1) is 0 Å². The summed E-state index contributed by atoms with van der Waals surface area (Å²) < 4.78 is 80.1. The Kier molecular flexibility index (Phi) is 4.84. The Hall–Kier alpha value is -1.74. The van der Waals surface area contributed by atoms with Crippen LogP contribution in [0.3, 0.4) is 0 Å². The Labute approximate surface area is 122 Å². The second kappa shape index (κ2) is 5.81. The molecule has 1 heterocycles. The van der Waals surface area contributed by atoms with E-state index in [1.54, 1.807) is 12.1 Å². The largest absolute Gasteiger partial charge is 0.673 e. The van der Waals surface area contributed by atoms with E-state index in [0.29, 0.717) is 11.0 Å². The van der Waals surface area contributed by atoms with Gasteiger partial charge in [-0.3, -0.25) is 0 Å². The second-order valence-corrected chi connectivity index (χ2v) is 4.86. The van der Waals surface area contributed by atoms with Crippen LogP contribution < -0.4 is 4.57 Å². The van der Waals surface area contributed by atoms with E-state index in [-0.39, 0.29) is 0 Å². The van der Waals surface area contributed by atoms with Crippen LogP contribution in [0.25, 0.3) is 11.0 Å². The number of nitrogens with zero attached hydrogens (tertiary/aromatic N) is 2. The minimum absolute atomic E-state index is 0.600. The molecule has 124 valence electrons. The summed E-state index contributed by atoms with van der Waals surface area (Å²) in [5.41, 5.74) is 3.19. The van der Waals surface area contributed by atoms with Gasteiger partial charge in [0.25, 0.3) is 0 Å². The number of rotatable bonds is 0. The lowest BCUT2D eigenvalue weighted by Crippen LogP contribution is -2.37. The maximum atomic E-state index is 12.9. The topological polar surface area (TPSA) is 8.81 Å². The predicted octanol–water partition coefficient (Wildman–Crippen LogP) is 3.94. The third kappa shape index (κ3) is 4.14. The fraction of sp³-hybridized carbons (Fsp3) is 0.417. The molecule has 0 radical (unpaired) electrons. The molecule has 0 saturated carbocycles. The molecule has 0 aliphatic heterocycles. The molecule has 2 aromatic rings. The highest BCUT2D eigenvalue weighted by molar-refractivity contribution is 6.50. The Bertz CT molecular complexity index is 635. The first-order valence-corrected chi connectivity index (χ1v) is 6.13. The molecule has 0 aliphatic carbocycles. The normalized spacial score (nSPS) is 12.3. The molecule has 0 bridgehead atoms. The monoisotopic (exact) mass is 330 g/mol. The van der Waals surface area contributed by atoms with Gasteiger partial charge < -0.3 is 17.3 Å². The van der Waals surface area contributed by atoms with Gasteiger partial charge in [-0.25, -0.2) is 9.13 Å². The van der Waals surface area contributed by atoms with E-state index in [2.05, 4.69) is 0 Å². The molecule has 0 atom stereocenters. The summed E-state index contributed by atoms with van der Waals surface area (Å²) in [7, 11) is -3.11. The zero-order valence-corrected chi connectivity index (χ0v) is 12.3. The summed E-state index contributed by atoms with van der Waals surface area (Å²) >= 11 is 0. The van der Waals surface area contributed by atoms with E-state index in [0.717, 1.165) is 11.1 Å². The van der Waals surface area contributed by atoms with Gasteiger partial charge in [0.2, 0.25) is 0 Å². The number of hydrogen-bond acceptors (Lipinski definition) is 0. The minimum atomic E-state index is -6.00. The van der Waals surface area contributed by atoms with Crippen LogP contribution in [-0.2, 0) is 20.3 Å². The molecular formula is C12H14BF7N2. The van der Waals surface area contributed by atoms with Crippen LogP contribution in [0.5, 0.6) is 0 Å². The van der Waals surface area contributed by atoms with E-state index < -0.39 is 19.3 Å². The van der Waals surface area contributed by atoms with Crippen molar-refractivity contribution >= 4 is 18.3 Å². The Morgan fingerprint density at radius 1 is 1.00 bits per heavy atom. The number of alkyl halides is 3. The maximum absolute atomic E-state index is 12.9. The Morgan fingerprint density at radius 2 is 1.41 bits per heavy atom. The van der Waals surface area contributed by atoms with Crippen molar-refractivity contribution in [1.29, 1.82) is 0 Å². The quantitative estimate of drug-likeness (QED) is 0.393. The number of hydrogen-bond donors (Lipinski definition) is 0. The van der Waals surface area contributed by atoms with Gasteiger partial charge in [0.1, 0.15) is 0 Å². The van der Waals surface area contributed by atoms with Crippen LogP contribution in [0.15, 0.2) is 12.1 Å². The highest BCUT2D eigenvalue weighted by Gasteiger charge is 2.45. The zero-order valence-electron chi connectivity index (χ0n) is 12.3. The van der Waals surface area contributed by atoms with Crippen LogP contribution in [0, 0.1) is 13.8 Å². The van der Waals surface area contributed by atoms with Crippen molar-refractivity contribution in [2.45, 2.75) is 20.0 Å². The molecule has 0 amide bonds. The van der Waals surface area contributed by atoms with Crippen molar-refractivity contribution in [2.75, 3.05) is 0 Å². The first-order valence-electron chi connectivity index (χ1n) is 6.13. The third-order valence-corrected chi connectivity index (χ3v) is 3.20. The van der Waals surface area contributed by atoms with Gasteiger partial charge in [-0.1, -0.05) is 0 Å². The lowest BCUT2D eigenvalue weighted by atomic mass is 10.1. The molecule has 1 aromatic heterocycles. The summed E-state index contributed by atoms with van der Waals surface area (Å²) in [6.45, 7) is 3.80. The molecule has 0 N–H and O–H groups in total. The van der Waals surface area contributed by atoms with Crippen LogP contribution in [0.4, 0.5) is 30.4 Å². The summed E-state index contributed by atoms with van der Waals surface area (Å²) in [5.74, 6) is -0.641. The van der Waals surface area contributed by atoms with Gasteiger partial charge in [-0.2, -0.15) is 13.2 Å². The van der Waals surface area contributed by atoms with Crippen LogP contribution in [-0.4, -0.2) is 11.8 Å². The number of fused-ring (bicyclic) bond motifs is 1. The predicted molar refractivity (Wildman–Crippen MR) is 68.8 cm³/mol. The van der Waals surface area contributed by atoms with E-state index in [9.17, 15) is 30.4 Å². The van der Waals surface area contributed by atoms with Crippen molar-refractivity contribution in [3.8, 4) is 0 Å². The van der Waals surface area contributed by atoms with Gasteiger partial charge in [0.15, 0.2) is 11.0 Å². The molecule has 0 saturated heterocycles.